The van der Waals surface area contributed by atoms with Gasteiger partial charge in [-0.25, -0.2) is 4.79 Å². The molecule has 1 aliphatic rings. The lowest BCUT2D eigenvalue weighted by molar-refractivity contribution is -0.150. The number of hydrogen-bond donors (Lipinski definition) is 1. The number of esters is 1. The van der Waals surface area contributed by atoms with Gasteiger partial charge in [-0.2, -0.15) is 11.8 Å². The van der Waals surface area contributed by atoms with Crippen molar-refractivity contribution < 1.29 is 24.1 Å². The summed E-state index contributed by atoms with van der Waals surface area (Å²) in [5, 5.41) is 10.1. The van der Waals surface area contributed by atoms with E-state index in [-0.39, 0.29) is 6.10 Å². The van der Waals surface area contributed by atoms with E-state index < -0.39 is 12.1 Å². The maximum atomic E-state index is 11.6. The van der Waals surface area contributed by atoms with Crippen LogP contribution in [0.3, 0.4) is 0 Å². The van der Waals surface area contributed by atoms with Crippen LogP contribution < -0.4 is 9.47 Å². The largest absolute Gasteiger partial charge is 0.493 e. The molecule has 1 aromatic carbocycles. The van der Waals surface area contributed by atoms with Crippen LogP contribution in [0.25, 0.3) is 0 Å². The van der Waals surface area contributed by atoms with Gasteiger partial charge in [0.05, 0.1) is 14.2 Å². The van der Waals surface area contributed by atoms with Crippen LogP contribution in [0, 0.1) is 0 Å². The zero-order valence-corrected chi connectivity index (χ0v) is 13.0. The van der Waals surface area contributed by atoms with Crippen molar-refractivity contribution in [2.24, 2.45) is 0 Å². The molecule has 0 bridgehead atoms. The number of carbonyl (C=O) groups excluding carboxylic acids is 1. The Kier molecular flexibility index (Phi) is 5.76. The smallest absolute Gasteiger partial charge is 0.339 e. The molecule has 116 valence electrons. The molecular weight excluding hydrogens is 292 g/mol. The number of aliphatic hydroxyl groups is 1. The van der Waals surface area contributed by atoms with Gasteiger partial charge in [-0.1, -0.05) is 12.1 Å². The Hall–Kier alpha value is -1.40. The van der Waals surface area contributed by atoms with E-state index in [0.717, 1.165) is 24.3 Å². The number of aliphatic hydroxyl groups excluding tert-OH is 1. The van der Waals surface area contributed by atoms with Crippen molar-refractivity contribution in [3.63, 3.8) is 0 Å². The van der Waals surface area contributed by atoms with E-state index in [9.17, 15) is 9.90 Å². The number of methoxy groups -OCH3 is 2. The predicted molar refractivity (Wildman–Crippen MR) is 80.9 cm³/mol. The summed E-state index contributed by atoms with van der Waals surface area (Å²) in [4.78, 5) is 11.6. The highest BCUT2D eigenvalue weighted by atomic mass is 32.2. The molecule has 1 aromatic rings. The van der Waals surface area contributed by atoms with Crippen LogP contribution in [0.4, 0.5) is 0 Å². The first-order valence-corrected chi connectivity index (χ1v) is 8.00. The lowest BCUT2D eigenvalue weighted by atomic mass is 10.1. The Balaban J connectivity index is 2.29. The van der Waals surface area contributed by atoms with E-state index in [2.05, 4.69) is 4.74 Å². The fourth-order valence-electron chi connectivity index (χ4n) is 2.23. The SMILES string of the molecule is COC(=O)C(O)c1cccc(OC)c1OC1CCSCC1. The molecule has 1 fully saturated rings. The van der Waals surface area contributed by atoms with Crippen LogP contribution in [0.15, 0.2) is 18.2 Å². The van der Waals surface area contributed by atoms with Crippen molar-refractivity contribution in [3.05, 3.63) is 23.8 Å². The van der Waals surface area contributed by atoms with Gasteiger partial charge < -0.3 is 19.3 Å². The van der Waals surface area contributed by atoms with Crippen LogP contribution in [0.1, 0.15) is 24.5 Å². The molecule has 0 aromatic heterocycles. The van der Waals surface area contributed by atoms with E-state index in [1.807, 2.05) is 11.8 Å². The Morgan fingerprint density at radius 3 is 2.67 bits per heavy atom. The summed E-state index contributed by atoms with van der Waals surface area (Å²) >= 11 is 1.90. The summed E-state index contributed by atoms with van der Waals surface area (Å²) < 4.78 is 15.9. The molecule has 0 spiro atoms. The minimum atomic E-state index is -1.38. The third-order valence-corrected chi connectivity index (χ3v) is 4.45. The lowest BCUT2D eigenvalue weighted by Gasteiger charge is -2.26. The highest BCUT2D eigenvalue weighted by molar-refractivity contribution is 7.99. The molecule has 0 radical (unpaired) electrons. The number of benzene rings is 1. The summed E-state index contributed by atoms with van der Waals surface area (Å²) in [6.45, 7) is 0. The van der Waals surface area contributed by atoms with E-state index in [1.54, 1.807) is 18.2 Å². The molecular formula is C15H20O5S. The van der Waals surface area contributed by atoms with Crippen molar-refractivity contribution in [3.8, 4) is 11.5 Å². The van der Waals surface area contributed by atoms with E-state index >= 15 is 0 Å². The van der Waals surface area contributed by atoms with Crippen LogP contribution in [-0.2, 0) is 9.53 Å². The van der Waals surface area contributed by atoms with Gasteiger partial charge in [0.25, 0.3) is 0 Å². The minimum absolute atomic E-state index is 0.0751. The lowest BCUT2D eigenvalue weighted by Crippen LogP contribution is -2.24. The fourth-order valence-corrected chi connectivity index (χ4v) is 3.30. The molecule has 1 atom stereocenters. The minimum Gasteiger partial charge on any atom is -0.493 e. The van der Waals surface area contributed by atoms with Crippen molar-refractivity contribution in [2.45, 2.75) is 25.0 Å². The van der Waals surface area contributed by atoms with Crippen molar-refractivity contribution >= 4 is 17.7 Å². The molecule has 6 heteroatoms. The monoisotopic (exact) mass is 312 g/mol. The van der Waals surface area contributed by atoms with Gasteiger partial charge in [0.15, 0.2) is 17.6 Å². The number of thioether (sulfide) groups is 1. The van der Waals surface area contributed by atoms with E-state index in [1.165, 1.54) is 14.2 Å². The number of carbonyl (C=O) groups is 1. The quantitative estimate of drug-likeness (QED) is 0.841. The number of rotatable bonds is 5. The molecule has 1 aliphatic heterocycles. The van der Waals surface area contributed by atoms with E-state index in [4.69, 9.17) is 9.47 Å². The molecule has 21 heavy (non-hydrogen) atoms. The third-order valence-electron chi connectivity index (χ3n) is 3.40. The predicted octanol–water partition coefficient (Wildman–Crippen LogP) is 2.18. The van der Waals surface area contributed by atoms with Gasteiger partial charge in [-0.3, -0.25) is 0 Å². The summed E-state index contributed by atoms with van der Waals surface area (Å²) in [7, 11) is 2.78. The van der Waals surface area contributed by atoms with Gasteiger partial charge in [0.2, 0.25) is 0 Å². The van der Waals surface area contributed by atoms with Crippen molar-refractivity contribution in [2.75, 3.05) is 25.7 Å². The molecule has 0 amide bonds. The molecule has 5 nitrogen and oxygen atoms in total. The Morgan fingerprint density at radius 2 is 2.05 bits per heavy atom. The van der Waals surface area contributed by atoms with Crippen LogP contribution >= 0.6 is 11.8 Å². The summed E-state index contributed by atoms with van der Waals surface area (Å²) in [6.07, 6.45) is 0.580. The first-order valence-electron chi connectivity index (χ1n) is 6.84. The van der Waals surface area contributed by atoms with Gasteiger partial charge in [-0.05, 0) is 30.4 Å². The highest BCUT2D eigenvalue weighted by Gasteiger charge is 2.26. The van der Waals surface area contributed by atoms with Gasteiger partial charge in [0.1, 0.15) is 6.10 Å². The Labute approximate surface area is 128 Å². The molecule has 1 N–H and O–H groups in total. The maximum Gasteiger partial charge on any atom is 0.339 e. The Morgan fingerprint density at radius 1 is 1.33 bits per heavy atom. The summed E-state index contributed by atoms with van der Waals surface area (Å²) in [5.74, 6) is 2.32. The maximum absolute atomic E-state index is 11.6. The first kappa shape index (κ1) is 16.0. The highest BCUT2D eigenvalue weighted by Crippen LogP contribution is 2.37. The molecule has 2 rings (SSSR count). The average molecular weight is 312 g/mol. The van der Waals surface area contributed by atoms with Crippen LogP contribution in [-0.4, -0.2) is 42.9 Å². The zero-order chi connectivity index (χ0) is 15.2. The first-order chi connectivity index (χ1) is 10.2. The number of hydrogen-bond acceptors (Lipinski definition) is 6. The second-order valence-corrected chi connectivity index (χ2v) is 5.96. The molecule has 0 aliphatic carbocycles. The second-order valence-electron chi connectivity index (χ2n) is 4.73. The number of para-hydroxylation sites is 1. The van der Waals surface area contributed by atoms with Gasteiger partial charge >= 0.3 is 5.97 Å². The molecule has 1 unspecified atom stereocenters. The standard InChI is InChI=1S/C15H20O5S/c1-18-12-5-3-4-11(13(16)15(17)19-2)14(12)20-10-6-8-21-9-7-10/h3-5,10,13,16H,6-9H2,1-2H3. The summed E-state index contributed by atoms with van der Waals surface area (Å²) in [5.41, 5.74) is 0.374. The van der Waals surface area contributed by atoms with E-state index in [0.29, 0.717) is 17.1 Å². The van der Waals surface area contributed by atoms with Crippen LogP contribution in [0.5, 0.6) is 11.5 Å². The van der Waals surface area contributed by atoms with Gasteiger partial charge in [0, 0.05) is 5.56 Å². The average Bonchev–Trinajstić information content (AvgIpc) is 2.54. The molecule has 0 saturated carbocycles. The van der Waals surface area contributed by atoms with Crippen LogP contribution in [0.2, 0.25) is 0 Å². The Bertz CT molecular complexity index is 485. The van der Waals surface area contributed by atoms with Crippen molar-refractivity contribution in [1.29, 1.82) is 0 Å². The fraction of sp³-hybridized carbons (Fsp3) is 0.533. The normalized spacial score (nSPS) is 17.1. The zero-order valence-electron chi connectivity index (χ0n) is 12.2. The summed E-state index contributed by atoms with van der Waals surface area (Å²) in [6, 6.07) is 5.11. The number of ether oxygens (including phenoxy) is 3. The topological polar surface area (TPSA) is 65.0 Å². The van der Waals surface area contributed by atoms with Gasteiger partial charge in [-0.15, -0.1) is 0 Å². The molecule has 1 heterocycles. The second kappa shape index (κ2) is 7.56. The van der Waals surface area contributed by atoms with Crippen molar-refractivity contribution in [1.82, 2.24) is 0 Å². The third kappa shape index (κ3) is 3.83. The molecule has 1 saturated heterocycles.